The first-order chi connectivity index (χ1) is 8.18. The first-order valence-corrected chi connectivity index (χ1v) is 6.76. The number of ether oxygens (including phenoxy) is 2. The van der Waals surface area contributed by atoms with E-state index in [0.717, 1.165) is 26.0 Å². The molecule has 4 nitrogen and oxygen atoms in total. The summed E-state index contributed by atoms with van der Waals surface area (Å²) < 4.78 is 11.0. The predicted octanol–water partition coefficient (Wildman–Crippen LogP) is 1.18. The Kier molecular flexibility index (Phi) is 7.77. The van der Waals surface area contributed by atoms with Crippen LogP contribution in [-0.4, -0.2) is 50.2 Å². The van der Waals surface area contributed by atoms with Crippen molar-refractivity contribution in [2.45, 2.75) is 45.3 Å². The van der Waals surface area contributed by atoms with E-state index < -0.39 is 6.10 Å². The second-order valence-corrected chi connectivity index (χ2v) is 5.23. The van der Waals surface area contributed by atoms with E-state index in [1.165, 1.54) is 6.42 Å². The van der Waals surface area contributed by atoms with Gasteiger partial charge in [0, 0.05) is 13.2 Å². The topological polar surface area (TPSA) is 50.7 Å². The van der Waals surface area contributed by atoms with E-state index in [9.17, 15) is 5.11 Å². The standard InChI is InChI=1S/C13H27NO3/c1-11(2)7-14-8-12(15)9-16-10-13-5-3-4-6-17-13/h11-15H,3-10H2,1-2H3. The van der Waals surface area contributed by atoms with Crippen LogP contribution in [0.2, 0.25) is 0 Å². The number of aliphatic hydroxyl groups excluding tert-OH is 1. The first-order valence-electron chi connectivity index (χ1n) is 6.76. The van der Waals surface area contributed by atoms with Crippen LogP contribution in [0.25, 0.3) is 0 Å². The molecule has 0 radical (unpaired) electrons. The van der Waals surface area contributed by atoms with Crippen molar-refractivity contribution < 1.29 is 14.6 Å². The monoisotopic (exact) mass is 245 g/mol. The Morgan fingerprint density at radius 1 is 1.35 bits per heavy atom. The summed E-state index contributed by atoms with van der Waals surface area (Å²) in [6.45, 7) is 7.69. The lowest BCUT2D eigenvalue weighted by atomic mass is 10.1. The van der Waals surface area contributed by atoms with E-state index in [0.29, 0.717) is 25.7 Å². The highest BCUT2D eigenvalue weighted by Gasteiger charge is 2.14. The molecule has 0 aliphatic carbocycles. The van der Waals surface area contributed by atoms with Crippen LogP contribution in [0.4, 0.5) is 0 Å². The van der Waals surface area contributed by atoms with Crippen LogP contribution in [0.15, 0.2) is 0 Å². The van der Waals surface area contributed by atoms with Crippen molar-refractivity contribution in [2.75, 3.05) is 32.9 Å². The molecule has 1 fully saturated rings. The maximum Gasteiger partial charge on any atom is 0.0897 e. The van der Waals surface area contributed by atoms with Gasteiger partial charge in [-0.25, -0.2) is 0 Å². The number of hydrogen-bond acceptors (Lipinski definition) is 4. The van der Waals surface area contributed by atoms with Crippen LogP contribution < -0.4 is 5.32 Å². The largest absolute Gasteiger partial charge is 0.389 e. The number of hydrogen-bond donors (Lipinski definition) is 2. The van der Waals surface area contributed by atoms with Crippen LogP contribution in [0.3, 0.4) is 0 Å². The van der Waals surface area contributed by atoms with Gasteiger partial charge in [-0.05, 0) is 31.7 Å². The minimum absolute atomic E-state index is 0.236. The van der Waals surface area contributed by atoms with E-state index >= 15 is 0 Å². The van der Waals surface area contributed by atoms with Gasteiger partial charge in [0.1, 0.15) is 0 Å². The fraction of sp³-hybridized carbons (Fsp3) is 1.00. The lowest BCUT2D eigenvalue weighted by Crippen LogP contribution is -2.34. The summed E-state index contributed by atoms with van der Waals surface area (Å²) in [4.78, 5) is 0. The molecule has 0 saturated carbocycles. The third-order valence-corrected chi connectivity index (χ3v) is 2.82. The van der Waals surface area contributed by atoms with Crippen molar-refractivity contribution >= 4 is 0 Å². The molecule has 2 atom stereocenters. The Morgan fingerprint density at radius 2 is 2.18 bits per heavy atom. The quantitative estimate of drug-likeness (QED) is 0.674. The molecular formula is C13H27NO3. The summed E-state index contributed by atoms with van der Waals surface area (Å²) in [6.07, 6.45) is 3.30. The van der Waals surface area contributed by atoms with Gasteiger partial charge in [-0.1, -0.05) is 13.8 Å². The lowest BCUT2D eigenvalue weighted by Gasteiger charge is -2.23. The van der Waals surface area contributed by atoms with Crippen LogP contribution in [0.5, 0.6) is 0 Å². The van der Waals surface area contributed by atoms with Crippen molar-refractivity contribution in [3.8, 4) is 0 Å². The Hall–Kier alpha value is -0.160. The summed E-state index contributed by atoms with van der Waals surface area (Å²) in [5.74, 6) is 0.610. The third kappa shape index (κ3) is 7.71. The van der Waals surface area contributed by atoms with Gasteiger partial charge >= 0.3 is 0 Å². The second kappa shape index (κ2) is 8.86. The molecule has 0 bridgehead atoms. The van der Waals surface area contributed by atoms with E-state index in [-0.39, 0.29) is 6.10 Å². The smallest absolute Gasteiger partial charge is 0.0897 e. The van der Waals surface area contributed by atoms with Gasteiger partial charge in [0.2, 0.25) is 0 Å². The maximum atomic E-state index is 9.66. The Labute approximate surface area is 105 Å². The summed E-state index contributed by atoms with van der Waals surface area (Å²) >= 11 is 0. The first kappa shape index (κ1) is 14.9. The number of aliphatic hydroxyl groups is 1. The minimum atomic E-state index is -0.419. The van der Waals surface area contributed by atoms with Crippen LogP contribution in [-0.2, 0) is 9.47 Å². The van der Waals surface area contributed by atoms with Gasteiger partial charge < -0.3 is 19.9 Å². The van der Waals surface area contributed by atoms with Crippen molar-refractivity contribution in [2.24, 2.45) is 5.92 Å². The van der Waals surface area contributed by atoms with E-state index in [2.05, 4.69) is 19.2 Å². The summed E-state index contributed by atoms with van der Waals surface area (Å²) in [5.41, 5.74) is 0. The Morgan fingerprint density at radius 3 is 2.82 bits per heavy atom. The van der Waals surface area contributed by atoms with Gasteiger partial charge in [0.25, 0.3) is 0 Å². The highest BCUT2D eigenvalue weighted by Crippen LogP contribution is 2.12. The number of nitrogens with one attached hydrogen (secondary N) is 1. The lowest BCUT2D eigenvalue weighted by molar-refractivity contribution is -0.0565. The molecule has 0 aromatic rings. The SMILES string of the molecule is CC(C)CNCC(O)COCC1CCCCO1. The van der Waals surface area contributed by atoms with Crippen molar-refractivity contribution in [3.63, 3.8) is 0 Å². The molecule has 2 unspecified atom stereocenters. The van der Waals surface area contributed by atoms with Gasteiger partial charge in [-0.3, -0.25) is 0 Å². The van der Waals surface area contributed by atoms with Crippen molar-refractivity contribution in [1.82, 2.24) is 5.32 Å². The fourth-order valence-electron chi connectivity index (χ4n) is 1.87. The molecule has 1 rings (SSSR count). The molecule has 102 valence electrons. The fourth-order valence-corrected chi connectivity index (χ4v) is 1.87. The molecule has 17 heavy (non-hydrogen) atoms. The minimum Gasteiger partial charge on any atom is -0.389 e. The highest BCUT2D eigenvalue weighted by atomic mass is 16.5. The normalized spacial score (nSPS) is 22.9. The zero-order valence-corrected chi connectivity index (χ0v) is 11.2. The average Bonchev–Trinajstić information content (AvgIpc) is 2.30. The van der Waals surface area contributed by atoms with Crippen LogP contribution in [0.1, 0.15) is 33.1 Å². The highest BCUT2D eigenvalue weighted by molar-refractivity contribution is 4.64. The molecule has 1 aliphatic heterocycles. The van der Waals surface area contributed by atoms with Crippen molar-refractivity contribution in [3.05, 3.63) is 0 Å². The Bertz CT molecular complexity index is 182. The van der Waals surface area contributed by atoms with Crippen LogP contribution >= 0.6 is 0 Å². The molecule has 0 aromatic carbocycles. The predicted molar refractivity (Wildman–Crippen MR) is 68.1 cm³/mol. The molecule has 0 amide bonds. The molecular weight excluding hydrogens is 218 g/mol. The van der Waals surface area contributed by atoms with Gasteiger partial charge in [-0.15, -0.1) is 0 Å². The summed E-state index contributed by atoms with van der Waals surface area (Å²) in [7, 11) is 0. The van der Waals surface area contributed by atoms with Crippen molar-refractivity contribution in [1.29, 1.82) is 0 Å². The van der Waals surface area contributed by atoms with E-state index in [4.69, 9.17) is 9.47 Å². The molecule has 1 heterocycles. The van der Waals surface area contributed by atoms with E-state index in [1.807, 2.05) is 0 Å². The molecule has 1 saturated heterocycles. The maximum absolute atomic E-state index is 9.66. The van der Waals surface area contributed by atoms with Gasteiger partial charge in [0.05, 0.1) is 25.4 Å². The second-order valence-electron chi connectivity index (χ2n) is 5.23. The summed E-state index contributed by atoms with van der Waals surface area (Å²) in [5, 5.41) is 12.9. The van der Waals surface area contributed by atoms with E-state index in [1.54, 1.807) is 0 Å². The molecule has 4 heteroatoms. The average molecular weight is 245 g/mol. The molecule has 0 aromatic heterocycles. The number of rotatable bonds is 8. The van der Waals surface area contributed by atoms with Gasteiger partial charge in [-0.2, -0.15) is 0 Å². The Balaban J connectivity index is 1.93. The summed E-state index contributed by atoms with van der Waals surface area (Å²) in [6, 6.07) is 0. The zero-order valence-electron chi connectivity index (χ0n) is 11.2. The molecule has 1 aliphatic rings. The van der Waals surface area contributed by atoms with Crippen LogP contribution in [0, 0.1) is 5.92 Å². The molecule has 0 spiro atoms. The van der Waals surface area contributed by atoms with Gasteiger partial charge in [0.15, 0.2) is 0 Å². The molecule has 2 N–H and O–H groups in total. The third-order valence-electron chi connectivity index (χ3n) is 2.82. The zero-order chi connectivity index (χ0) is 12.5.